The monoisotopic (exact) mass is 421 g/mol. The molecule has 2 saturated heterocycles. The van der Waals surface area contributed by atoms with Crippen molar-refractivity contribution in [2.75, 3.05) is 5.75 Å². The Morgan fingerprint density at radius 3 is 2.83 bits per heavy atom. The molecule has 7 heteroatoms. The van der Waals surface area contributed by atoms with Crippen LogP contribution in [0, 0.1) is 5.92 Å². The van der Waals surface area contributed by atoms with Crippen molar-refractivity contribution in [2.24, 2.45) is 5.92 Å². The van der Waals surface area contributed by atoms with E-state index in [0.717, 1.165) is 43.0 Å². The number of thioether (sulfide) groups is 1. The van der Waals surface area contributed by atoms with Gasteiger partial charge in [-0.2, -0.15) is 0 Å². The van der Waals surface area contributed by atoms with Crippen LogP contribution in [0.2, 0.25) is 0 Å². The first-order chi connectivity index (χ1) is 13.8. The predicted octanol–water partition coefficient (Wildman–Crippen LogP) is 3.86. The second-order valence-electron chi connectivity index (χ2n) is 8.28. The van der Waals surface area contributed by atoms with Crippen LogP contribution in [0.15, 0.2) is 36.0 Å². The molecule has 6 nitrogen and oxygen atoms in total. The molecule has 29 heavy (non-hydrogen) atoms. The van der Waals surface area contributed by atoms with Gasteiger partial charge in [0, 0.05) is 24.7 Å². The van der Waals surface area contributed by atoms with Crippen LogP contribution in [0.25, 0.3) is 0 Å². The van der Waals surface area contributed by atoms with E-state index in [1.165, 1.54) is 6.08 Å². The molecular formula is C22H31NO5S. The number of esters is 1. The molecule has 3 aliphatic rings. The van der Waals surface area contributed by atoms with Crippen molar-refractivity contribution >= 4 is 23.0 Å². The van der Waals surface area contributed by atoms with Crippen molar-refractivity contribution in [3.05, 3.63) is 36.0 Å². The molecule has 1 amide bonds. The zero-order valence-electron chi connectivity index (χ0n) is 17.1. The van der Waals surface area contributed by atoms with Gasteiger partial charge in [-0.3, -0.25) is 4.79 Å². The van der Waals surface area contributed by atoms with Crippen LogP contribution in [-0.2, 0) is 14.3 Å². The highest BCUT2D eigenvalue weighted by molar-refractivity contribution is 8.14. The quantitative estimate of drug-likeness (QED) is 0.626. The van der Waals surface area contributed by atoms with Crippen LogP contribution in [0.1, 0.15) is 52.4 Å². The van der Waals surface area contributed by atoms with E-state index >= 15 is 0 Å². The van der Waals surface area contributed by atoms with E-state index in [9.17, 15) is 14.7 Å². The van der Waals surface area contributed by atoms with Gasteiger partial charge in [0.15, 0.2) is 5.79 Å². The van der Waals surface area contributed by atoms with Crippen molar-refractivity contribution in [3.63, 3.8) is 0 Å². The number of carbonyl (C=O) groups is 2. The van der Waals surface area contributed by atoms with Crippen molar-refractivity contribution in [3.8, 4) is 0 Å². The zero-order chi connectivity index (χ0) is 20.9. The first kappa shape index (κ1) is 22.1. The second kappa shape index (κ2) is 9.96. The Morgan fingerprint density at radius 1 is 1.24 bits per heavy atom. The SMILES string of the molecule is C/C1=C\C(=O)O[C@@H]2C[C@@H](CC[C@H](C)/C=C/C=C\CC1)O[C@@](O)([C@@H]1CSC(=O)N1)C2. The molecular weight excluding hydrogens is 390 g/mol. The van der Waals surface area contributed by atoms with Gasteiger partial charge < -0.3 is 19.9 Å². The molecule has 0 radical (unpaired) electrons. The van der Waals surface area contributed by atoms with Crippen molar-refractivity contribution in [1.29, 1.82) is 0 Å². The fourth-order valence-electron chi connectivity index (χ4n) is 3.96. The Bertz CT molecular complexity index is 703. The smallest absolute Gasteiger partial charge is 0.330 e. The number of amides is 1. The lowest BCUT2D eigenvalue weighted by molar-refractivity contribution is -0.283. The molecule has 0 aromatic rings. The van der Waals surface area contributed by atoms with E-state index < -0.39 is 17.9 Å². The summed E-state index contributed by atoms with van der Waals surface area (Å²) in [7, 11) is 0. The van der Waals surface area contributed by atoms with E-state index in [-0.39, 0.29) is 23.7 Å². The van der Waals surface area contributed by atoms with E-state index in [4.69, 9.17) is 9.47 Å². The summed E-state index contributed by atoms with van der Waals surface area (Å²) in [4.78, 5) is 24.0. The molecule has 3 heterocycles. The summed E-state index contributed by atoms with van der Waals surface area (Å²) in [6, 6.07) is -0.505. The summed E-state index contributed by atoms with van der Waals surface area (Å²) in [5.41, 5.74) is 0.961. The maximum Gasteiger partial charge on any atom is 0.330 e. The van der Waals surface area contributed by atoms with Gasteiger partial charge in [0.25, 0.3) is 5.24 Å². The summed E-state index contributed by atoms with van der Waals surface area (Å²) < 4.78 is 11.8. The third kappa shape index (κ3) is 6.46. The van der Waals surface area contributed by atoms with Crippen LogP contribution in [0.5, 0.6) is 0 Å². The summed E-state index contributed by atoms with van der Waals surface area (Å²) in [6.07, 6.45) is 13.2. The summed E-state index contributed by atoms with van der Waals surface area (Å²) in [5, 5.41) is 13.8. The maximum absolute atomic E-state index is 12.4. The predicted molar refractivity (Wildman–Crippen MR) is 113 cm³/mol. The number of nitrogens with one attached hydrogen (secondary N) is 1. The Balaban J connectivity index is 1.78. The molecule has 0 aromatic carbocycles. The van der Waals surface area contributed by atoms with Gasteiger partial charge in [-0.1, -0.05) is 48.6 Å². The van der Waals surface area contributed by atoms with E-state index in [1.807, 2.05) is 13.0 Å². The fourth-order valence-corrected chi connectivity index (χ4v) is 4.85. The molecule has 3 rings (SSSR count). The molecule has 0 unspecified atom stereocenters. The summed E-state index contributed by atoms with van der Waals surface area (Å²) in [6.45, 7) is 4.07. The third-order valence-corrected chi connectivity index (χ3v) is 6.50. The first-order valence-electron chi connectivity index (χ1n) is 10.4. The molecule has 3 aliphatic heterocycles. The van der Waals surface area contributed by atoms with E-state index in [0.29, 0.717) is 18.1 Å². The van der Waals surface area contributed by atoms with Crippen molar-refractivity contribution < 1.29 is 24.2 Å². The molecule has 0 saturated carbocycles. The third-order valence-electron chi connectivity index (χ3n) is 5.62. The number of hydrogen-bond acceptors (Lipinski definition) is 6. The highest BCUT2D eigenvalue weighted by Crippen LogP contribution is 2.36. The summed E-state index contributed by atoms with van der Waals surface area (Å²) in [5.74, 6) is -1.10. The minimum Gasteiger partial charge on any atom is -0.459 e. The maximum atomic E-state index is 12.4. The molecule has 0 spiro atoms. The second-order valence-corrected chi connectivity index (χ2v) is 9.27. The van der Waals surface area contributed by atoms with Crippen molar-refractivity contribution in [2.45, 2.75) is 76.4 Å². The molecule has 160 valence electrons. The van der Waals surface area contributed by atoms with Crippen molar-refractivity contribution in [1.82, 2.24) is 5.32 Å². The number of aliphatic hydroxyl groups is 1. The van der Waals surface area contributed by atoms with Gasteiger partial charge in [-0.25, -0.2) is 4.79 Å². The van der Waals surface area contributed by atoms with Crippen LogP contribution in [-0.4, -0.2) is 46.1 Å². The number of hydrogen-bond donors (Lipinski definition) is 2. The number of allylic oxidation sites excluding steroid dienone is 5. The lowest BCUT2D eigenvalue weighted by Crippen LogP contribution is -2.58. The molecule has 5 atom stereocenters. The Labute approximate surface area is 176 Å². The largest absolute Gasteiger partial charge is 0.459 e. The van der Waals surface area contributed by atoms with Gasteiger partial charge in [0.05, 0.1) is 12.1 Å². The highest BCUT2D eigenvalue weighted by Gasteiger charge is 2.49. The number of fused-ring (bicyclic) bond motifs is 2. The van der Waals surface area contributed by atoms with Gasteiger partial charge in [0.2, 0.25) is 0 Å². The number of ether oxygens (including phenoxy) is 2. The minimum absolute atomic E-state index is 0.159. The van der Waals surface area contributed by atoms with Gasteiger partial charge in [-0.15, -0.1) is 0 Å². The highest BCUT2D eigenvalue weighted by atomic mass is 32.2. The average Bonchev–Trinajstić information content (AvgIpc) is 3.09. The minimum atomic E-state index is -1.53. The fraction of sp³-hybridized carbons (Fsp3) is 0.636. The van der Waals surface area contributed by atoms with E-state index in [1.54, 1.807) is 0 Å². The molecule has 2 bridgehead atoms. The van der Waals surface area contributed by atoms with Gasteiger partial charge in [-0.05, 0) is 38.5 Å². The molecule has 2 fully saturated rings. The Hall–Kier alpha value is -1.57. The lowest BCUT2D eigenvalue weighted by Gasteiger charge is -2.43. The van der Waals surface area contributed by atoms with Crippen LogP contribution in [0.4, 0.5) is 4.79 Å². The van der Waals surface area contributed by atoms with Crippen LogP contribution < -0.4 is 5.32 Å². The average molecular weight is 422 g/mol. The standard InChI is InChI=1S/C22H31NO5S/c1-15-7-5-3-4-6-8-16(2)11-20(24)27-18-12-17(10-9-15)28-22(26,13-18)19-14-29-21(25)23-19/h3-5,7,11,15,17-19,26H,6,8-10,12-14H2,1-2H3,(H,23,25)/b4-3-,7-5+,16-11+/t15-,17-,18-,19+,22-/m1/s1. The molecule has 0 aromatic heterocycles. The van der Waals surface area contributed by atoms with E-state index in [2.05, 4.69) is 30.5 Å². The number of rotatable bonds is 1. The Morgan fingerprint density at radius 2 is 2.07 bits per heavy atom. The topological polar surface area (TPSA) is 84.9 Å². The van der Waals surface area contributed by atoms with Crippen LogP contribution in [0.3, 0.4) is 0 Å². The lowest BCUT2D eigenvalue weighted by atomic mass is 9.90. The summed E-state index contributed by atoms with van der Waals surface area (Å²) >= 11 is 1.14. The molecule has 2 N–H and O–H groups in total. The normalized spacial score (nSPS) is 41.0. The Kier molecular flexibility index (Phi) is 7.60. The van der Waals surface area contributed by atoms with Gasteiger partial charge >= 0.3 is 5.97 Å². The molecule has 0 aliphatic carbocycles. The first-order valence-corrected chi connectivity index (χ1v) is 11.4. The van der Waals surface area contributed by atoms with Gasteiger partial charge in [0.1, 0.15) is 6.10 Å². The number of carbonyl (C=O) groups excluding carboxylic acids is 2. The zero-order valence-corrected chi connectivity index (χ0v) is 18.0. The van der Waals surface area contributed by atoms with Crippen LogP contribution >= 0.6 is 11.8 Å².